The Bertz CT molecular complexity index is 1340. The van der Waals surface area contributed by atoms with Gasteiger partial charge >= 0.3 is 0 Å². The topological polar surface area (TPSA) is 114 Å². The van der Waals surface area contributed by atoms with E-state index in [1.165, 1.54) is 13.2 Å². The van der Waals surface area contributed by atoms with Gasteiger partial charge in [-0.1, -0.05) is 12.1 Å². The summed E-state index contributed by atoms with van der Waals surface area (Å²) in [7, 11) is 1.46. The molecule has 1 aliphatic carbocycles. The van der Waals surface area contributed by atoms with E-state index < -0.39 is 5.92 Å². The van der Waals surface area contributed by atoms with Crippen molar-refractivity contribution in [2.45, 2.75) is 31.6 Å². The third-order valence-corrected chi connectivity index (χ3v) is 6.46. The summed E-state index contributed by atoms with van der Waals surface area (Å²) in [6.45, 7) is 1.82. The predicted octanol–water partition coefficient (Wildman–Crippen LogP) is 4.39. The lowest BCUT2D eigenvalue weighted by Gasteiger charge is -2.36. The molecule has 35 heavy (non-hydrogen) atoms. The van der Waals surface area contributed by atoms with E-state index in [9.17, 15) is 14.7 Å². The smallest absolute Gasteiger partial charge is 0.255 e. The van der Waals surface area contributed by atoms with E-state index in [1.807, 2.05) is 19.1 Å². The van der Waals surface area contributed by atoms with Crippen LogP contribution in [0.15, 0.2) is 87.9 Å². The largest absolute Gasteiger partial charge is 0.504 e. The van der Waals surface area contributed by atoms with Gasteiger partial charge in [0.15, 0.2) is 17.3 Å². The lowest BCUT2D eigenvalue weighted by atomic mass is 9.72. The second-order valence-electron chi connectivity index (χ2n) is 8.63. The monoisotopic (exact) mass is 471 g/mol. The number of phenolic OH excluding ortho intramolecular Hbond substituents is 1. The zero-order valence-corrected chi connectivity index (χ0v) is 19.4. The molecule has 0 bridgehead atoms. The minimum Gasteiger partial charge on any atom is -0.504 e. The van der Waals surface area contributed by atoms with Crippen LogP contribution in [0, 0.1) is 0 Å². The van der Waals surface area contributed by atoms with E-state index in [2.05, 4.69) is 15.6 Å². The number of hydrogen-bond acceptors (Lipinski definition) is 7. The van der Waals surface area contributed by atoms with Crippen molar-refractivity contribution < 1.29 is 23.8 Å². The van der Waals surface area contributed by atoms with Crippen molar-refractivity contribution in [3.63, 3.8) is 0 Å². The summed E-state index contributed by atoms with van der Waals surface area (Å²) in [4.78, 5) is 31.3. The number of anilines is 1. The van der Waals surface area contributed by atoms with Crippen LogP contribution in [0.2, 0.25) is 0 Å². The number of aromatic hydroxyl groups is 1. The van der Waals surface area contributed by atoms with E-state index in [0.717, 1.165) is 11.5 Å². The third kappa shape index (κ3) is 4.19. The Kier molecular flexibility index (Phi) is 5.86. The first kappa shape index (κ1) is 22.5. The number of carbonyl (C=O) groups is 2. The summed E-state index contributed by atoms with van der Waals surface area (Å²) < 4.78 is 10.9. The van der Waals surface area contributed by atoms with Crippen LogP contribution in [0.25, 0.3) is 0 Å². The second kappa shape index (κ2) is 9.13. The Balaban J connectivity index is 1.60. The first-order valence-electron chi connectivity index (χ1n) is 11.3. The number of dihydropyridines is 1. The summed E-state index contributed by atoms with van der Waals surface area (Å²) >= 11 is 0. The lowest BCUT2D eigenvalue weighted by Crippen LogP contribution is -2.37. The highest BCUT2D eigenvalue weighted by atomic mass is 16.5. The number of phenols is 1. The molecule has 5 rings (SSSR count). The number of carbonyl (C=O) groups excluding carboxylic acids is 2. The number of allylic oxidation sites excluding steroid dienone is 3. The number of amides is 1. The predicted molar refractivity (Wildman–Crippen MR) is 129 cm³/mol. The van der Waals surface area contributed by atoms with Gasteiger partial charge in [-0.25, -0.2) is 4.98 Å². The Morgan fingerprint density at radius 2 is 2.06 bits per heavy atom. The molecule has 0 radical (unpaired) electrons. The SMILES string of the molecule is COc1cc([C@@H]2C(C(=O)Nc3ccccn3)=C(C)NC3=C2C(=O)C[C@@H](c2ccco2)C3)ccc1O. The summed E-state index contributed by atoms with van der Waals surface area (Å²) in [5.74, 6) is 0.257. The van der Waals surface area contributed by atoms with Crippen molar-refractivity contribution in [3.05, 3.63) is 94.9 Å². The zero-order chi connectivity index (χ0) is 24.5. The summed E-state index contributed by atoms with van der Waals surface area (Å²) in [5, 5.41) is 16.3. The van der Waals surface area contributed by atoms with Crippen LogP contribution in [0.5, 0.6) is 11.5 Å². The number of ketones is 1. The van der Waals surface area contributed by atoms with Crippen molar-refractivity contribution in [2.24, 2.45) is 0 Å². The van der Waals surface area contributed by atoms with E-state index in [0.29, 0.717) is 34.6 Å². The summed E-state index contributed by atoms with van der Waals surface area (Å²) in [6, 6.07) is 13.8. The first-order chi connectivity index (χ1) is 17.0. The molecule has 3 N–H and O–H groups in total. The quantitative estimate of drug-likeness (QED) is 0.506. The minimum atomic E-state index is -0.644. The van der Waals surface area contributed by atoms with Crippen LogP contribution in [-0.2, 0) is 9.59 Å². The summed E-state index contributed by atoms with van der Waals surface area (Å²) in [5.41, 5.74) is 3.03. The molecule has 2 atom stereocenters. The highest BCUT2D eigenvalue weighted by molar-refractivity contribution is 6.09. The van der Waals surface area contributed by atoms with Gasteiger partial charge < -0.3 is 24.9 Å². The molecule has 1 aromatic carbocycles. The van der Waals surface area contributed by atoms with Crippen LogP contribution in [0.1, 0.15) is 42.9 Å². The lowest BCUT2D eigenvalue weighted by molar-refractivity contribution is -0.116. The molecule has 1 amide bonds. The first-order valence-corrected chi connectivity index (χ1v) is 11.3. The van der Waals surface area contributed by atoms with Gasteiger partial charge in [-0.15, -0.1) is 0 Å². The highest BCUT2D eigenvalue weighted by Gasteiger charge is 2.41. The Labute approximate surface area is 202 Å². The number of Topliss-reactive ketones (excluding diaryl/α,β-unsaturated/α-hetero) is 1. The number of nitrogens with zero attached hydrogens (tertiary/aromatic N) is 1. The molecule has 0 saturated carbocycles. The van der Waals surface area contributed by atoms with Crippen molar-refractivity contribution in [3.8, 4) is 11.5 Å². The van der Waals surface area contributed by atoms with Crippen LogP contribution in [0.4, 0.5) is 5.82 Å². The van der Waals surface area contributed by atoms with E-state index in [-0.39, 0.29) is 35.5 Å². The van der Waals surface area contributed by atoms with Gasteiger partial charge in [0.25, 0.3) is 5.91 Å². The average Bonchev–Trinajstić information content (AvgIpc) is 3.39. The second-order valence-corrected chi connectivity index (χ2v) is 8.63. The number of aromatic nitrogens is 1. The number of methoxy groups -OCH3 is 1. The maximum Gasteiger partial charge on any atom is 0.255 e. The normalized spacial score (nSPS) is 19.8. The molecule has 178 valence electrons. The third-order valence-electron chi connectivity index (χ3n) is 6.46. The molecule has 8 nitrogen and oxygen atoms in total. The van der Waals surface area contributed by atoms with Gasteiger partial charge in [-0.3, -0.25) is 9.59 Å². The fourth-order valence-corrected chi connectivity index (χ4v) is 4.89. The Morgan fingerprint density at radius 1 is 1.20 bits per heavy atom. The summed E-state index contributed by atoms with van der Waals surface area (Å²) in [6.07, 6.45) is 4.05. The number of pyridine rings is 1. The highest BCUT2D eigenvalue weighted by Crippen LogP contribution is 2.46. The zero-order valence-electron chi connectivity index (χ0n) is 19.4. The number of hydrogen-bond donors (Lipinski definition) is 3. The van der Waals surface area contributed by atoms with Gasteiger partial charge in [-0.2, -0.15) is 0 Å². The number of ether oxygens (including phenoxy) is 1. The minimum absolute atomic E-state index is 0.0209. The van der Waals surface area contributed by atoms with Crippen LogP contribution < -0.4 is 15.4 Å². The van der Waals surface area contributed by atoms with Crippen molar-refractivity contribution in [2.75, 3.05) is 12.4 Å². The molecule has 0 saturated heterocycles. The number of benzene rings is 1. The molecule has 1 aliphatic heterocycles. The Hall–Kier alpha value is -4.33. The van der Waals surface area contributed by atoms with Crippen LogP contribution in [0.3, 0.4) is 0 Å². The molecule has 3 heterocycles. The number of nitrogens with one attached hydrogen (secondary N) is 2. The molecule has 0 fully saturated rings. The van der Waals surface area contributed by atoms with Crippen molar-refractivity contribution in [1.29, 1.82) is 0 Å². The van der Waals surface area contributed by atoms with Gasteiger partial charge in [0.05, 0.1) is 13.4 Å². The van der Waals surface area contributed by atoms with Gasteiger partial charge in [-0.05, 0) is 55.3 Å². The van der Waals surface area contributed by atoms with Crippen LogP contribution >= 0.6 is 0 Å². The van der Waals surface area contributed by atoms with Crippen molar-refractivity contribution >= 4 is 17.5 Å². The fraction of sp³-hybridized carbons (Fsp3) is 0.222. The van der Waals surface area contributed by atoms with E-state index in [4.69, 9.17) is 9.15 Å². The molecular weight excluding hydrogens is 446 g/mol. The molecule has 2 aromatic heterocycles. The fourth-order valence-electron chi connectivity index (χ4n) is 4.89. The molecule has 0 spiro atoms. The molecular formula is C27H25N3O5. The van der Waals surface area contributed by atoms with E-state index in [1.54, 1.807) is 42.8 Å². The standard InChI is InChI=1S/C27H25N3O5/c1-15-24(27(33)30-23-7-3-4-10-28-23)25(16-8-9-19(31)22(14-16)34-2)26-18(29-15)12-17(13-20(26)32)21-6-5-11-35-21/h3-11,14,17,25,29,31H,12-13H2,1-2H3,(H,28,30,33)/t17-,25+/m0/s1. The van der Waals surface area contributed by atoms with Gasteiger partial charge in [0, 0.05) is 47.0 Å². The average molecular weight is 472 g/mol. The van der Waals surface area contributed by atoms with Crippen LogP contribution in [-0.4, -0.2) is 28.9 Å². The maximum atomic E-state index is 13.6. The Morgan fingerprint density at radius 3 is 2.77 bits per heavy atom. The van der Waals surface area contributed by atoms with E-state index >= 15 is 0 Å². The number of rotatable bonds is 5. The molecule has 0 unspecified atom stereocenters. The molecule has 2 aliphatic rings. The molecule has 8 heteroatoms. The maximum absolute atomic E-state index is 13.6. The van der Waals surface area contributed by atoms with Gasteiger partial charge in [0.1, 0.15) is 11.6 Å². The van der Waals surface area contributed by atoms with Crippen molar-refractivity contribution in [1.82, 2.24) is 10.3 Å². The number of furan rings is 1. The molecule has 3 aromatic rings. The van der Waals surface area contributed by atoms with Gasteiger partial charge in [0.2, 0.25) is 0 Å².